The fourth-order valence-electron chi connectivity index (χ4n) is 2.87. The number of amides is 1. The lowest BCUT2D eigenvalue weighted by Crippen LogP contribution is -2.48. The minimum absolute atomic E-state index is 0.00273. The monoisotopic (exact) mass is 235 g/mol. The Morgan fingerprint density at radius 2 is 2.24 bits per heavy atom. The summed E-state index contributed by atoms with van der Waals surface area (Å²) in [6.07, 6.45) is 8.29. The molecule has 94 valence electrons. The predicted molar refractivity (Wildman–Crippen MR) is 67.3 cm³/mol. The van der Waals surface area contributed by atoms with Gasteiger partial charge in [0.2, 0.25) is 0 Å². The van der Waals surface area contributed by atoms with Crippen LogP contribution in [0.25, 0.3) is 0 Å². The average molecular weight is 235 g/mol. The topological polar surface area (TPSA) is 40.5 Å². The van der Waals surface area contributed by atoms with Crippen LogP contribution < -0.4 is 0 Å². The molecule has 0 saturated carbocycles. The van der Waals surface area contributed by atoms with Crippen LogP contribution in [0.15, 0.2) is 23.3 Å². The third kappa shape index (κ3) is 1.82. The van der Waals surface area contributed by atoms with Crippen LogP contribution in [0.1, 0.15) is 46.0 Å². The third-order valence-electron chi connectivity index (χ3n) is 3.77. The van der Waals surface area contributed by atoms with Crippen molar-refractivity contribution in [2.75, 3.05) is 6.54 Å². The van der Waals surface area contributed by atoms with Gasteiger partial charge in [0.05, 0.1) is 0 Å². The summed E-state index contributed by atoms with van der Waals surface area (Å²) in [7, 11) is 0. The summed E-state index contributed by atoms with van der Waals surface area (Å²) >= 11 is 0. The predicted octanol–water partition coefficient (Wildman–Crippen LogP) is 2.37. The van der Waals surface area contributed by atoms with E-state index < -0.39 is 5.72 Å². The fraction of sp³-hybridized carbons (Fsp3) is 0.643. The Labute approximate surface area is 103 Å². The lowest BCUT2D eigenvalue weighted by Gasteiger charge is -2.35. The third-order valence-corrected chi connectivity index (χ3v) is 3.77. The zero-order valence-electron chi connectivity index (χ0n) is 10.7. The molecule has 0 aromatic carbocycles. The molecule has 2 rings (SSSR count). The summed E-state index contributed by atoms with van der Waals surface area (Å²) < 4.78 is 0. The number of nitrogens with zero attached hydrogens (tertiary/aromatic N) is 1. The number of carbonyl (C=O) groups excluding carboxylic acids is 1. The zero-order valence-corrected chi connectivity index (χ0v) is 10.7. The quantitative estimate of drug-likeness (QED) is 0.812. The second-order valence-corrected chi connectivity index (χ2v) is 4.80. The molecule has 0 bridgehead atoms. The van der Waals surface area contributed by atoms with E-state index in [1.807, 2.05) is 19.1 Å². The molecule has 1 aliphatic carbocycles. The molecule has 1 aliphatic heterocycles. The fourth-order valence-corrected chi connectivity index (χ4v) is 2.87. The van der Waals surface area contributed by atoms with E-state index in [2.05, 4.69) is 6.92 Å². The number of likely N-dealkylation sites (N-methyl/N-ethyl adjacent to an activating group) is 1. The van der Waals surface area contributed by atoms with Gasteiger partial charge in [-0.05, 0) is 38.2 Å². The van der Waals surface area contributed by atoms with Crippen LogP contribution in [0.4, 0.5) is 0 Å². The minimum atomic E-state index is -1.01. The molecule has 17 heavy (non-hydrogen) atoms. The molecule has 0 saturated heterocycles. The van der Waals surface area contributed by atoms with Gasteiger partial charge in [-0.2, -0.15) is 0 Å². The maximum absolute atomic E-state index is 12.2. The van der Waals surface area contributed by atoms with Crippen molar-refractivity contribution >= 4 is 5.91 Å². The van der Waals surface area contributed by atoms with Crippen molar-refractivity contribution in [1.29, 1.82) is 0 Å². The summed E-state index contributed by atoms with van der Waals surface area (Å²) in [5.41, 5.74) is 0.666. The molecule has 0 fully saturated rings. The molecule has 1 N–H and O–H groups in total. The van der Waals surface area contributed by atoms with E-state index in [-0.39, 0.29) is 5.91 Å². The van der Waals surface area contributed by atoms with E-state index >= 15 is 0 Å². The summed E-state index contributed by atoms with van der Waals surface area (Å²) in [5.74, 6) is -0.00273. The Kier molecular flexibility index (Phi) is 3.38. The standard InChI is InChI=1S/C14H21NO2/c1-3-5-10-14(17)12-9-7-6-8-11(12)13(16)15(14)4-2/h6,8,17H,3-5,7,9-10H2,1-2H3. The van der Waals surface area contributed by atoms with Crippen molar-refractivity contribution in [3.63, 3.8) is 0 Å². The Bertz CT molecular complexity index is 384. The van der Waals surface area contributed by atoms with Gasteiger partial charge in [-0.1, -0.05) is 25.5 Å². The molecular formula is C14H21NO2. The van der Waals surface area contributed by atoms with Gasteiger partial charge in [0.25, 0.3) is 5.91 Å². The van der Waals surface area contributed by atoms with E-state index in [4.69, 9.17) is 0 Å². The van der Waals surface area contributed by atoms with Crippen molar-refractivity contribution < 1.29 is 9.90 Å². The Hall–Kier alpha value is -1.09. The number of allylic oxidation sites excluding steroid dienone is 1. The summed E-state index contributed by atoms with van der Waals surface area (Å²) in [6.45, 7) is 4.60. The van der Waals surface area contributed by atoms with E-state index in [1.165, 1.54) is 0 Å². The Balaban J connectivity index is 2.36. The molecule has 1 heterocycles. The highest BCUT2D eigenvalue weighted by atomic mass is 16.3. The number of carbonyl (C=O) groups is 1. The molecule has 2 aliphatic rings. The highest BCUT2D eigenvalue weighted by Gasteiger charge is 2.48. The number of rotatable bonds is 4. The van der Waals surface area contributed by atoms with Crippen LogP contribution in [0.5, 0.6) is 0 Å². The maximum atomic E-state index is 12.2. The van der Waals surface area contributed by atoms with Crippen molar-refractivity contribution in [2.24, 2.45) is 0 Å². The molecule has 1 amide bonds. The van der Waals surface area contributed by atoms with Crippen molar-refractivity contribution in [3.05, 3.63) is 23.3 Å². The molecule has 1 unspecified atom stereocenters. The molecule has 0 aromatic rings. The molecular weight excluding hydrogens is 214 g/mol. The van der Waals surface area contributed by atoms with Gasteiger partial charge in [0.1, 0.15) is 0 Å². The largest absolute Gasteiger partial charge is 0.367 e. The first-order chi connectivity index (χ1) is 8.15. The number of hydrogen-bond donors (Lipinski definition) is 1. The van der Waals surface area contributed by atoms with Crippen LogP contribution in [0.3, 0.4) is 0 Å². The normalized spacial score (nSPS) is 27.9. The smallest absolute Gasteiger partial charge is 0.256 e. The molecule has 3 heteroatoms. The zero-order chi connectivity index (χ0) is 12.5. The van der Waals surface area contributed by atoms with Crippen LogP contribution in [0, 0.1) is 0 Å². The highest BCUT2D eigenvalue weighted by molar-refractivity contribution is 6.01. The minimum Gasteiger partial charge on any atom is -0.367 e. The first kappa shape index (κ1) is 12.4. The first-order valence-corrected chi connectivity index (χ1v) is 6.59. The molecule has 0 spiro atoms. The van der Waals surface area contributed by atoms with Crippen LogP contribution in [-0.2, 0) is 4.79 Å². The number of unbranched alkanes of at least 4 members (excludes halogenated alkanes) is 1. The van der Waals surface area contributed by atoms with Crippen molar-refractivity contribution in [1.82, 2.24) is 4.90 Å². The molecule has 0 radical (unpaired) electrons. The van der Waals surface area contributed by atoms with E-state index in [9.17, 15) is 9.90 Å². The van der Waals surface area contributed by atoms with Gasteiger partial charge in [0.15, 0.2) is 5.72 Å². The Morgan fingerprint density at radius 1 is 1.47 bits per heavy atom. The van der Waals surface area contributed by atoms with E-state index in [0.717, 1.165) is 36.8 Å². The second-order valence-electron chi connectivity index (χ2n) is 4.80. The lowest BCUT2D eigenvalue weighted by atomic mass is 9.89. The number of hydrogen-bond acceptors (Lipinski definition) is 2. The van der Waals surface area contributed by atoms with Gasteiger partial charge < -0.3 is 10.0 Å². The van der Waals surface area contributed by atoms with Crippen molar-refractivity contribution in [2.45, 2.75) is 51.7 Å². The van der Waals surface area contributed by atoms with E-state index in [0.29, 0.717) is 13.0 Å². The van der Waals surface area contributed by atoms with E-state index in [1.54, 1.807) is 4.90 Å². The Morgan fingerprint density at radius 3 is 2.88 bits per heavy atom. The van der Waals surface area contributed by atoms with Crippen molar-refractivity contribution in [3.8, 4) is 0 Å². The maximum Gasteiger partial charge on any atom is 0.256 e. The van der Waals surface area contributed by atoms with Gasteiger partial charge in [-0.3, -0.25) is 4.79 Å². The first-order valence-electron chi connectivity index (χ1n) is 6.59. The second kappa shape index (κ2) is 4.65. The average Bonchev–Trinajstić information content (AvgIpc) is 2.57. The molecule has 1 atom stereocenters. The summed E-state index contributed by atoms with van der Waals surface area (Å²) in [4.78, 5) is 13.8. The van der Waals surface area contributed by atoms with Gasteiger partial charge in [-0.25, -0.2) is 0 Å². The summed E-state index contributed by atoms with van der Waals surface area (Å²) in [6, 6.07) is 0. The van der Waals surface area contributed by atoms with Crippen LogP contribution in [0.2, 0.25) is 0 Å². The highest BCUT2D eigenvalue weighted by Crippen LogP contribution is 2.41. The van der Waals surface area contributed by atoms with Crippen LogP contribution >= 0.6 is 0 Å². The number of aliphatic hydroxyl groups is 1. The molecule has 3 nitrogen and oxygen atoms in total. The molecule has 0 aromatic heterocycles. The van der Waals surface area contributed by atoms with Gasteiger partial charge in [0, 0.05) is 12.1 Å². The van der Waals surface area contributed by atoms with Gasteiger partial charge >= 0.3 is 0 Å². The lowest BCUT2D eigenvalue weighted by molar-refractivity contribution is -0.143. The SMILES string of the molecule is CCCCC1(O)C2=C(C=CCC2)C(=O)N1CC. The van der Waals surface area contributed by atoms with Crippen LogP contribution in [-0.4, -0.2) is 28.2 Å². The summed E-state index contributed by atoms with van der Waals surface area (Å²) in [5, 5.41) is 10.9. The van der Waals surface area contributed by atoms with Gasteiger partial charge in [-0.15, -0.1) is 0 Å².